The number of hydrogen-bond acceptors (Lipinski definition) is 1. The Bertz CT molecular complexity index is 394. The van der Waals surface area contributed by atoms with Gasteiger partial charge in [0.05, 0.1) is 5.41 Å². The highest BCUT2D eigenvalue weighted by Crippen LogP contribution is 2.59. The van der Waals surface area contributed by atoms with Crippen molar-refractivity contribution in [1.82, 2.24) is 0 Å². The van der Waals surface area contributed by atoms with Gasteiger partial charge in [-0.05, 0) is 45.4 Å². The summed E-state index contributed by atoms with van der Waals surface area (Å²) >= 11 is 0. The van der Waals surface area contributed by atoms with Crippen LogP contribution in [-0.2, 0) is 4.79 Å². The molecule has 0 aromatic carbocycles. The average Bonchev–Trinajstić information content (AvgIpc) is 2.61. The normalized spacial score (nSPS) is 38.0. The largest absolute Gasteiger partial charge is 0.481 e. The Balaban J connectivity index is 2.42. The number of hydrogen-bond donors (Lipinski definition) is 1. The summed E-state index contributed by atoms with van der Waals surface area (Å²) in [5, 5.41) is 9.75. The lowest BCUT2D eigenvalue weighted by Gasteiger charge is -2.46. The van der Waals surface area contributed by atoms with Crippen LogP contribution in [-0.4, -0.2) is 11.1 Å². The molecule has 2 atom stereocenters. The molecule has 2 aliphatic rings. The van der Waals surface area contributed by atoms with Crippen molar-refractivity contribution in [3.8, 4) is 0 Å². The van der Waals surface area contributed by atoms with E-state index in [0.29, 0.717) is 6.42 Å². The van der Waals surface area contributed by atoms with E-state index in [2.05, 4.69) is 26.5 Å². The van der Waals surface area contributed by atoms with Crippen molar-refractivity contribution in [3.63, 3.8) is 0 Å². The van der Waals surface area contributed by atoms with E-state index >= 15 is 0 Å². The van der Waals surface area contributed by atoms with Crippen LogP contribution in [0.1, 0.15) is 52.4 Å². The Morgan fingerprint density at radius 1 is 1.41 bits per heavy atom. The van der Waals surface area contributed by atoms with Crippen molar-refractivity contribution in [2.24, 2.45) is 10.8 Å². The highest BCUT2D eigenvalue weighted by molar-refractivity contribution is 5.77. The van der Waals surface area contributed by atoms with E-state index in [0.717, 1.165) is 37.7 Å². The summed E-state index contributed by atoms with van der Waals surface area (Å²) in [6.45, 7) is 8.36. The zero-order valence-electron chi connectivity index (χ0n) is 10.9. The molecule has 1 saturated carbocycles. The van der Waals surface area contributed by atoms with Gasteiger partial charge in [-0.15, -0.1) is 0 Å². The first-order valence-electron chi connectivity index (χ1n) is 6.50. The monoisotopic (exact) mass is 234 g/mol. The molecular weight excluding hydrogens is 212 g/mol. The van der Waals surface area contributed by atoms with Crippen LogP contribution in [0.5, 0.6) is 0 Å². The molecule has 2 rings (SSSR count). The van der Waals surface area contributed by atoms with Gasteiger partial charge in [-0.25, -0.2) is 0 Å². The van der Waals surface area contributed by atoms with Crippen LogP contribution in [0.25, 0.3) is 0 Å². The van der Waals surface area contributed by atoms with Gasteiger partial charge in [0, 0.05) is 5.41 Å². The molecule has 0 heterocycles. The van der Waals surface area contributed by atoms with Gasteiger partial charge in [0.1, 0.15) is 0 Å². The smallest absolute Gasteiger partial charge is 0.310 e. The molecule has 0 bridgehead atoms. The Morgan fingerprint density at radius 3 is 2.53 bits per heavy atom. The predicted octanol–water partition coefficient (Wildman–Crippen LogP) is 3.93. The fourth-order valence-corrected chi connectivity index (χ4v) is 3.58. The van der Waals surface area contributed by atoms with Crippen LogP contribution < -0.4 is 0 Å². The van der Waals surface area contributed by atoms with Crippen LogP contribution in [0.4, 0.5) is 0 Å². The maximum atomic E-state index is 11.9. The highest BCUT2D eigenvalue weighted by atomic mass is 16.4. The molecule has 0 saturated heterocycles. The molecule has 0 unspecified atom stereocenters. The maximum absolute atomic E-state index is 11.9. The lowest BCUT2D eigenvalue weighted by molar-refractivity contribution is -0.156. The van der Waals surface area contributed by atoms with Crippen molar-refractivity contribution in [2.75, 3.05) is 0 Å². The van der Waals surface area contributed by atoms with Crippen LogP contribution in [0.2, 0.25) is 0 Å². The zero-order valence-corrected chi connectivity index (χ0v) is 10.9. The minimum absolute atomic E-state index is 0.212. The van der Waals surface area contributed by atoms with E-state index in [1.54, 1.807) is 0 Å². The second-order valence-corrected chi connectivity index (χ2v) is 5.93. The van der Waals surface area contributed by atoms with Crippen LogP contribution >= 0.6 is 0 Å². The summed E-state index contributed by atoms with van der Waals surface area (Å²) in [6, 6.07) is 0. The van der Waals surface area contributed by atoms with Gasteiger partial charge in [-0.2, -0.15) is 0 Å². The van der Waals surface area contributed by atoms with Crippen LogP contribution in [0.3, 0.4) is 0 Å². The number of aliphatic carboxylic acids is 1. The van der Waals surface area contributed by atoms with E-state index in [4.69, 9.17) is 0 Å². The summed E-state index contributed by atoms with van der Waals surface area (Å²) in [5.74, 6) is -0.633. The van der Waals surface area contributed by atoms with Gasteiger partial charge in [-0.3, -0.25) is 4.79 Å². The topological polar surface area (TPSA) is 37.3 Å². The molecule has 1 N–H and O–H groups in total. The zero-order chi connectivity index (χ0) is 12.7. The van der Waals surface area contributed by atoms with Crippen molar-refractivity contribution < 1.29 is 9.90 Å². The highest BCUT2D eigenvalue weighted by Gasteiger charge is 2.56. The Labute approximate surface area is 103 Å². The first kappa shape index (κ1) is 12.4. The van der Waals surface area contributed by atoms with E-state index in [9.17, 15) is 9.90 Å². The van der Waals surface area contributed by atoms with Gasteiger partial charge in [-0.1, -0.05) is 30.7 Å². The van der Waals surface area contributed by atoms with Crippen LogP contribution in [0, 0.1) is 10.8 Å². The predicted molar refractivity (Wildman–Crippen MR) is 68.8 cm³/mol. The van der Waals surface area contributed by atoms with E-state index < -0.39 is 11.4 Å². The SMILES string of the molecule is C=C1CCC[C@]1(C)[C@]1(C(=O)O)CC=C(C)CC1. The van der Waals surface area contributed by atoms with Gasteiger partial charge in [0.25, 0.3) is 0 Å². The van der Waals surface area contributed by atoms with E-state index in [-0.39, 0.29) is 5.41 Å². The maximum Gasteiger partial charge on any atom is 0.310 e. The van der Waals surface area contributed by atoms with Crippen molar-refractivity contribution in [1.29, 1.82) is 0 Å². The summed E-state index contributed by atoms with van der Waals surface area (Å²) < 4.78 is 0. The molecule has 2 aliphatic carbocycles. The summed E-state index contributed by atoms with van der Waals surface area (Å²) in [4.78, 5) is 11.9. The molecule has 2 heteroatoms. The third-order valence-electron chi connectivity index (χ3n) is 5.15. The molecule has 0 aliphatic heterocycles. The number of rotatable bonds is 2. The van der Waals surface area contributed by atoms with Gasteiger partial charge < -0.3 is 5.11 Å². The molecule has 2 nitrogen and oxygen atoms in total. The van der Waals surface area contributed by atoms with Gasteiger partial charge >= 0.3 is 5.97 Å². The number of carboxylic acid groups (broad SMARTS) is 1. The minimum atomic E-state index is -0.633. The first-order valence-corrected chi connectivity index (χ1v) is 6.50. The third kappa shape index (κ3) is 1.65. The number of allylic oxidation sites excluding steroid dienone is 3. The van der Waals surface area contributed by atoms with E-state index in [1.165, 1.54) is 5.57 Å². The lowest BCUT2D eigenvalue weighted by atomic mass is 9.56. The fraction of sp³-hybridized carbons (Fsp3) is 0.667. The van der Waals surface area contributed by atoms with Crippen molar-refractivity contribution in [3.05, 3.63) is 23.8 Å². The Hall–Kier alpha value is -1.05. The fourth-order valence-electron chi connectivity index (χ4n) is 3.58. The molecular formula is C15H22O2. The second-order valence-electron chi connectivity index (χ2n) is 5.93. The molecule has 0 aromatic rings. The molecule has 1 fully saturated rings. The number of carboxylic acids is 1. The first-order chi connectivity index (χ1) is 7.92. The molecule has 0 radical (unpaired) electrons. The average molecular weight is 234 g/mol. The minimum Gasteiger partial charge on any atom is -0.481 e. The molecule has 0 spiro atoms. The summed E-state index contributed by atoms with van der Waals surface area (Å²) in [5.41, 5.74) is 1.65. The quantitative estimate of drug-likeness (QED) is 0.735. The molecule has 17 heavy (non-hydrogen) atoms. The molecule has 0 amide bonds. The summed E-state index contributed by atoms with van der Waals surface area (Å²) in [7, 11) is 0. The molecule has 0 aromatic heterocycles. The van der Waals surface area contributed by atoms with E-state index in [1.807, 2.05) is 0 Å². The molecule has 94 valence electrons. The van der Waals surface area contributed by atoms with Gasteiger partial charge in [0.2, 0.25) is 0 Å². The standard InChI is InChI=1S/C15H22O2/c1-11-6-9-15(10-7-11,13(16)17)14(3)8-4-5-12(14)2/h6H,2,4-5,7-10H2,1,3H3,(H,16,17)/t14-,15+/m0/s1. The Morgan fingerprint density at radius 2 is 2.12 bits per heavy atom. The lowest BCUT2D eigenvalue weighted by Crippen LogP contribution is -2.46. The number of carbonyl (C=O) groups is 1. The third-order valence-corrected chi connectivity index (χ3v) is 5.15. The van der Waals surface area contributed by atoms with Crippen LogP contribution in [0.15, 0.2) is 23.8 Å². The van der Waals surface area contributed by atoms with Crippen molar-refractivity contribution >= 4 is 5.97 Å². The Kier molecular flexibility index (Phi) is 2.92. The van der Waals surface area contributed by atoms with Gasteiger partial charge in [0.15, 0.2) is 0 Å². The second kappa shape index (κ2) is 4.01. The summed E-state index contributed by atoms with van der Waals surface area (Å²) in [6.07, 6.45) is 7.53. The van der Waals surface area contributed by atoms with Crippen molar-refractivity contribution in [2.45, 2.75) is 52.4 Å².